The lowest BCUT2D eigenvalue weighted by Crippen LogP contribution is -2.64. The molecule has 3 N–H and O–H groups in total. The summed E-state index contributed by atoms with van der Waals surface area (Å²) in [5.74, 6) is -1.62. The van der Waals surface area contributed by atoms with Gasteiger partial charge in [0, 0.05) is 25.6 Å². The quantitative estimate of drug-likeness (QED) is 0.339. The number of fused-ring (bicyclic) bond motifs is 3. The second-order valence-electron chi connectivity index (χ2n) is 11.8. The van der Waals surface area contributed by atoms with Crippen LogP contribution in [0.5, 0.6) is 0 Å². The molecule has 2 aliphatic carbocycles. The van der Waals surface area contributed by atoms with Crippen LogP contribution < -0.4 is 10.6 Å². The lowest BCUT2D eigenvalue weighted by molar-refractivity contribution is -0.150. The van der Waals surface area contributed by atoms with E-state index in [1.807, 2.05) is 42.5 Å². The van der Waals surface area contributed by atoms with Crippen LogP contribution in [0.1, 0.15) is 54.7 Å². The van der Waals surface area contributed by atoms with Crippen LogP contribution in [0.15, 0.2) is 78.9 Å². The first-order valence-corrected chi connectivity index (χ1v) is 14.9. The Morgan fingerprint density at radius 2 is 1.48 bits per heavy atom. The second kappa shape index (κ2) is 12.0. The van der Waals surface area contributed by atoms with Gasteiger partial charge in [0.1, 0.15) is 18.2 Å². The number of alkyl carbamates (subject to hydrolysis) is 1. The van der Waals surface area contributed by atoms with Crippen LogP contribution in [-0.2, 0) is 20.9 Å². The Labute approximate surface area is 246 Å². The SMILES string of the molecule is O=C(NC(C(=O)NC1(C(=O)O)CCN(Cc2ccccc2)CC1)C1CCC1)OCC1c2ccccc2-c2ccccc21. The van der Waals surface area contributed by atoms with E-state index in [-0.39, 0.29) is 18.4 Å². The van der Waals surface area contributed by atoms with Crippen LogP contribution in [0.4, 0.5) is 4.79 Å². The third kappa shape index (κ3) is 5.63. The van der Waals surface area contributed by atoms with Crippen LogP contribution in [0.3, 0.4) is 0 Å². The van der Waals surface area contributed by atoms with E-state index in [0.29, 0.717) is 25.9 Å². The molecule has 8 heteroatoms. The fourth-order valence-electron chi connectivity index (χ4n) is 6.58. The van der Waals surface area contributed by atoms with Crippen LogP contribution in [-0.4, -0.2) is 59.3 Å². The third-order valence-corrected chi connectivity index (χ3v) is 9.25. The van der Waals surface area contributed by atoms with Crippen molar-refractivity contribution in [1.82, 2.24) is 15.5 Å². The van der Waals surface area contributed by atoms with Crippen LogP contribution in [0, 0.1) is 5.92 Å². The lowest BCUT2D eigenvalue weighted by atomic mass is 9.78. The molecule has 3 aliphatic rings. The smallest absolute Gasteiger partial charge is 0.407 e. The van der Waals surface area contributed by atoms with E-state index in [2.05, 4.69) is 51.9 Å². The Bertz CT molecular complexity index is 1400. The summed E-state index contributed by atoms with van der Waals surface area (Å²) in [5, 5.41) is 15.9. The Kier molecular flexibility index (Phi) is 7.98. The van der Waals surface area contributed by atoms with E-state index in [9.17, 15) is 19.5 Å². The molecule has 0 aromatic heterocycles. The number of benzene rings is 3. The number of amides is 2. The second-order valence-corrected chi connectivity index (χ2v) is 11.8. The zero-order valence-corrected chi connectivity index (χ0v) is 23.6. The van der Waals surface area contributed by atoms with Crippen LogP contribution in [0.25, 0.3) is 11.1 Å². The van der Waals surface area contributed by atoms with Gasteiger partial charge in [0.05, 0.1) is 0 Å². The van der Waals surface area contributed by atoms with Gasteiger partial charge >= 0.3 is 12.1 Å². The molecule has 1 atom stereocenters. The number of rotatable bonds is 9. The molecule has 1 heterocycles. The van der Waals surface area contributed by atoms with Crippen LogP contribution >= 0.6 is 0 Å². The number of carboxylic acids is 1. The van der Waals surface area contributed by atoms with E-state index >= 15 is 0 Å². The summed E-state index contributed by atoms with van der Waals surface area (Å²) >= 11 is 0. The van der Waals surface area contributed by atoms with Crippen molar-refractivity contribution in [3.8, 4) is 11.1 Å². The lowest BCUT2D eigenvalue weighted by Gasteiger charge is -2.41. The predicted octanol–water partition coefficient (Wildman–Crippen LogP) is 4.93. The number of hydrogen-bond acceptors (Lipinski definition) is 5. The highest BCUT2D eigenvalue weighted by molar-refractivity contribution is 5.91. The monoisotopic (exact) mass is 567 g/mol. The molecule has 218 valence electrons. The highest BCUT2D eigenvalue weighted by Crippen LogP contribution is 2.44. The van der Waals surface area contributed by atoms with Crippen molar-refractivity contribution in [3.63, 3.8) is 0 Å². The summed E-state index contributed by atoms with van der Waals surface area (Å²) < 4.78 is 5.72. The minimum absolute atomic E-state index is 0.0468. The maximum atomic E-state index is 13.6. The molecule has 8 nitrogen and oxygen atoms in total. The highest BCUT2D eigenvalue weighted by atomic mass is 16.5. The molecular weight excluding hydrogens is 530 g/mol. The first-order chi connectivity index (χ1) is 20.4. The van der Waals surface area contributed by atoms with Crippen molar-refractivity contribution in [1.29, 1.82) is 0 Å². The van der Waals surface area contributed by atoms with E-state index in [1.165, 1.54) is 5.56 Å². The van der Waals surface area contributed by atoms with Gasteiger partial charge in [-0.3, -0.25) is 9.69 Å². The van der Waals surface area contributed by atoms with Gasteiger partial charge in [-0.1, -0.05) is 85.3 Å². The van der Waals surface area contributed by atoms with Crippen molar-refractivity contribution < 1.29 is 24.2 Å². The molecule has 6 rings (SSSR count). The minimum atomic E-state index is -1.37. The van der Waals surface area contributed by atoms with E-state index < -0.39 is 29.6 Å². The number of carbonyl (C=O) groups excluding carboxylic acids is 2. The predicted molar refractivity (Wildman–Crippen MR) is 159 cm³/mol. The Morgan fingerprint density at radius 3 is 2.05 bits per heavy atom. The molecule has 1 unspecified atom stereocenters. The molecule has 1 saturated carbocycles. The molecule has 3 aromatic rings. The standard InChI is InChI=1S/C34H37N3O5/c38-31(36-34(32(39)40)17-19-37(20-18-34)21-23-9-2-1-3-10-23)30(24-11-8-12-24)35-33(41)42-22-29-27-15-6-4-13-25(27)26-14-5-7-16-28(26)29/h1-7,9-10,13-16,24,29-30H,8,11-12,17-22H2,(H,35,41)(H,36,38)(H,39,40). The summed E-state index contributed by atoms with van der Waals surface area (Å²) in [5.41, 5.74) is 4.31. The normalized spacial score (nSPS) is 18.7. The average molecular weight is 568 g/mol. The zero-order chi connectivity index (χ0) is 29.1. The van der Waals surface area contributed by atoms with Gasteiger partial charge in [-0.2, -0.15) is 0 Å². The Hall–Kier alpha value is -4.17. The molecule has 42 heavy (non-hydrogen) atoms. The topological polar surface area (TPSA) is 108 Å². The van der Waals surface area contributed by atoms with Crippen molar-refractivity contribution in [2.75, 3.05) is 19.7 Å². The third-order valence-electron chi connectivity index (χ3n) is 9.25. The zero-order valence-electron chi connectivity index (χ0n) is 23.6. The van der Waals surface area contributed by atoms with Crippen LogP contribution in [0.2, 0.25) is 0 Å². The molecule has 1 saturated heterocycles. The molecular formula is C34H37N3O5. The van der Waals surface area contributed by atoms with Gasteiger partial charge in [-0.15, -0.1) is 0 Å². The van der Waals surface area contributed by atoms with Gasteiger partial charge in [-0.25, -0.2) is 9.59 Å². The molecule has 0 bridgehead atoms. The van der Waals surface area contributed by atoms with Gasteiger partial charge in [0.25, 0.3) is 0 Å². The van der Waals surface area contributed by atoms with Gasteiger partial charge in [0.15, 0.2) is 0 Å². The molecule has 0 spiro atoms. The summed E-state index contributed by atoms with van der Waals surface area (Å²) in [6, 6.07) is 25.5. The summed E-state index contributed by atoms with van der Waals surface area (Å²) in [6.45, 7) is 1.98. The molecule has 3 aromatic carbocycles. The first-order valence-electron chi connectivity index (χ1n) is 14.9. The van der Waals surface area contributed by atoms with E-state index in [1.54, 1.807) is 0 Å². The molecule has 1 aliphatic heterocycles. The maximum Gasteiger partial charge on any atom is 0.407 e. The summed E-state index contributed by atoms with van der Waals surface area (Å²) in [4.78, 5) is 41.4. The van der Waals surface area contributed by atoms with Crippen molar-refractivity contribution in [2.24, 2.45) is 5.92 Å². The fourth-order valence-corrected chi connectivity index (χ4v) is 6.58. The van der Waals surface area contributed by atoms with Gasteiger partial charge in [0.2, 0.25) is 5.91 Å². The summed E-state index contributed by atoms with van der Waals surface area (Å²) in [7, 11) is 0. The van der Waals surface area contributed by atoms with Crippen molar-refractivity contribution in [3.05, 3.63) is 95.6 Å². The molecule has 2 fully saturated rings. The first kappa shape index (κ1) is 28.0. The molecule has 2 amide bonds. The average Bonchev–Trinajstić information content (AvgIpc) is 3.30. The Morgan fingerprint density at radius 1 is 0.881 bits per heavy atom. The number of nitrogens with one attached hydrogen (secondary N) is 2. The van der Waals surface area contributed by atoms with E-state index in [4.69, 9.17) is 4.74 Å². The largest absolute Gasteiger partial charge is 0.480 e. The number of carbonyl (C=O) groups is 3. The molecule has 0 radical (unpaired) electrons. The van der Waals surface area contributed by atoms with E-state index in [0.717, 1.165) is 48.1 Å². The number of piperidine rings is 1. The fraction of sp³-hybridized carbons (Fsp3) is 0.382. The minimum Gasteiger partial charge on any atom is -0.480 e. The summed E-state index contributed by atoms with van der Waals surface area (Å²) in [6.07, 6.45) is 2.50. The Balaban J connectivity index is 1.09. The van der Waals surface area contributed by atoms with Crippen molar-refractivity contribution >= 4 is 18.0 Å². The number of hydrogen-bond donors (Lipinski definition) is 3. The van der Waals surface area contributed by atoms with Gasteiger partial charge < -0.3 is 20.5 Å². The number of carboxylic acid groups (broad SMARTS) is 1. The maximum absolute atomic E-state index is 13.6. The van der Waals surface area contributed by atoms with Gasteiger partial charge in [-0.05, 0) is 59.4 Å². The highest BCUT2D eigenvalue weighted by Gasteiger charge is 2.45. The van der Waals surface area contributed by atoms with Crippen molar-refractivity contribution in [2.45, 2.75) is 56.1 Å². The number of aliphatic carboxylic acids is 1. The number of ether oxygens (including phenoxy) is 1. The number of likely N-dealkylation sites (tertiary alicyclic amines) is 1. The number of nitrogens with zero attached hydrogens (tertiary/aromatic N) is 1.